The Bertz CT molecular complexity index is 500. The second-order valence-electron chi connectivity index (χ2n) is 3.04. The van der Waals surface area contributed by atoms with Crippen LogP contribution in [0.15, 0.2) is 42.5 Å². The lowest BCUT2D eigenvalue weighted by Gasteiger charge is -1.92. The summed E-state index contributed by atoms with van der Waals surface area (Å²) in [5.41, 5.74) is 8.68. The van der Waals surface area contributed by atoms with Crippen molar-refractivity contribution in [3.63, 3.8) is 0 Å². The maximum Gasteiger partial charge on any atom is 0.421 e. The van der Waals surface area contributed by atoms with Gasteiger partial charge in [-0.05, 0) is 6.08 Å². The van der Waals surface area contributed by atoms with Crippen molar-refractivity contribution in [3.8, 4) is 0 Å². The molecule has 0 aliphatic carbocycles. The SMILES string of the molecule is COC(=O)C(/C=C/C(=O)c1ccccc1)=[N+]=[N-]. The number of benzene rings is 1. The number of ketones is 1. The maximum atomic E-state index is 11.6. The van der Waals surface area contributed by atoms with Crippen molar-refractivity contribution in [1.82, 2.24) is 0 Å². The fourth-order valence-electron chi connectivity index (χ4n) is 1.10. The number of allylic oxidation sites excluding steroid dienone is 1. The fourth-order valence-corrected chi connectivity index (χ4v) is 1.10. The number of methoxy groups -OCH3 is 1. The van der Waals surface area contributed by atoms with Gasteiger partial charge in [0.05, 0.1) is 7.11 Å². The summed E-state index contributed by atoms with van der Waals surface area (Å²) in [5, 5.41) is 0. The van der Waals surface area contributed by atoms with Gasteiger partial charge >= 0.3 is 11.7 Å². The Kier molecular flexibility index (Phi) is 4.54. The van der Waals surface area contributed by atoms with Gasteiger partial charge in [0.25, 0.3) is 0 Å². The van der Waals surface area contributed by atoms with Crippen LogP contribution in [-0.2, 0) is 9.53 Å². The van der Waals surface area contributed by atoms with Crippen LogP contribution in [0.2, 0.25) is 0 Å². The third kappa shape index (κ3) is 3.52. The molecule has 0 atom stereocenters. The van der Waals surface area contributed by atoms with E-state index in [0.29, 0.717) is 5.56 Å². The topological polar surface area (TPSA) is 79.8 Å². The minimum Gasteiger partial charge on any atom is -0.460 e. The van der Waals surface area contributed by atoms with Crippen molar-refractivity contribution in [2.24, 2.45) is 0 Å². The molecule has 86 valence electrons. The first-order valence-electron chi connectivity index (χ1n) is 4.77. The molecule has 1 rings (SSSR count). The molecule has 0 saturated heterocycles. The van der Waals surface area contributed by atoms with Crippen molar-refractivity contribution in [3.05, 3.63) is 53.6 Å². The average molecular weight is 230 g/mol. The molecule has 0 saturated carbocycles. The first-order chi connectivity index (χ1) is 8.19. The zero-order valence-electron chi connectivity index (χ0n) is 9.16. The van der Waals surface area contributed by atoms with Gasteiger partial charge in [0.1, 0.15) is 0 Å². The molecule has 0 spiro atoms. The summed E-state index contributed by atoms with van der Waals surface area (Å²) in [6.07, 6.45) is 2.24. The van der Waals surface area contributed by atoms with E-state index in [0.717, 1.165) is 19.3 Å². The van der Waals surface area contributed by atoms with E-state index in [4.69, 9.17) is 5.53 Å². The van der Waals surface area contributed by atoms with E-state index in [9.17, 15) is 9.59 Å². The molecule has 5 nitrogen and oxygen atoms in total. The maximum absolute atomic E-state index is 11.6. The van der Waals surface area contributed by atoms with Gasteiger partial charge in [0, 0.05) is 11.6 Å². The first-order valence-corrected chi connectivity index (χ1v) is 4.77. The van der Waals surface area contributed by atoms with Crippen molar-refractivity contribution in [2.75, 3.05) is 7.11 Å². The fraction of sp³-hybridized carbons (Fsp3) is 0.0833. The van der Waals surface area contributed by atoms with Crippen molar-refractivity contribution >= 4 is 17.5 Å². The van der Waals surface area contributed by atoms with E-state index >= 15 is 0 Å². The lowest BCUT2D eigenvalue weighted by atomic mass is 10.1. The molecule has 0 aliphatic heterocycles. The van der Waals surface area contributed by atoms with Gasteiger partial charge in [0.15, 0.2) is 5.78 Å². The second kappa shape index (κ2) is 6.15. The smallest absolute Gasteiger partial charge is 0.421 e. The van der Waals surface area contributed by atoms with E-state index in [1.165, 1.54) is 0 Å². The van der Waals surface area contributed by atoms with Gasteiger partial charge in [-0.2, -0.15) is 4.79 Å². The second-order valence-corrected chi connectivity index (χ2v) is 3.04. The summed E-state index contributed by atoms with van der Waals surface area (Å²) in [4.78, 5) is 25.3. The summed E-state index contributed by atoms with van der Waals surface area (Å²) in [6, 6.07) is 8.52. The van der Waals surface area contributed by atoms with Crippen LogP contribution in [0, 0.1) is 0 Å². The summed E-state index contributed by atoms with van der Waals surface area (Å²) < 4.78 is 4.35. The Morgan fingerprint density at radius 3 is 2.41 bits per heavy atom. The van der Waals surface area contributed by atoms with Gasteiger partial charge in [-0.3, -0.25) is 4.79 Å². The Balaban J connectivity index is 2.82. The Hall–Kier alpha value is -2.52. The highest BCUT2D eigenvalue weighted by atomic mass is 16.5. The molecule has 0 N–H and O–H groups in total. The number of hydrogen-bond donors (Lipinski definition) is 0. The Morgan fingerprint density at radius 1 is 1.24 bits per heavy atom. The molecule has 0 aromatic heterocycles. The molecule has 0 amide bonds. The van der Waals surface area contributed by atoms with E-state index in [1.807, 2.05) is 0 Å². The Morgan fingerprint density at radius 2 is 1.88 bits per heavy atom. The highest BCUT2D eigenvalue weighted by Crippen LogP contribution is 2.00. The van der Waals surface area contributed by atoms with E-state index < -0.39 is 5.97 Å². The standard InChI is InChI=1S/C12H10N2O3/c1-17-12(16)10(14-13)7-8-11(15)9-5-3-2-4-6-9/h2-8H,1H3/b8-7+. The molecule has 1 aromatic carbocycles. The zero-order chi connectivity index (χ0) is 12.7. The predicted octanol–water partition coefficient (Wildman–Crippen LogP) is 1.27. The van der Waals surface area contributed by atoms with Gasteiger partial charge in [-0.25, -0.2) is 4.79 Å². The van der Waals surface area contributed by atoms with Crippen LogP contribution in [0.4, 0.5) is 0 Å². The third-order valence-corrected chi connectivity index (χ3v) is 1.95. The van der Waals surface area contributed by atoms with Crippen LogP contribution >= 0.6 is 0 Å². The molecule has 5 heteroatoms. The minimum atomic E-state index is -0.815. The number of rotatable bonds is 4. The molecule has 0 heterocycles. The van der Waals surface area contributed by atoms with Crippen LogP contribution in [-0.4, -0.2) is 29.4 Å². The number of esters is 1. The summed E-state index contributed by atoms with van der Waals surface area (Å²) >= 11 is 0. The number of nitrogens with zero attached hydrogens (tertiary/aromatic N) is 2. The van der Waals surface area contributed by atoms with Crippen LogP contribution < -0.4 is 0 Å². The van der Waals surface area contributed by atoms with Gasteiger partial charge in [-0.15, -0.1) is 0 Å². The summed E-state index contributed by atoms with van der Waals surface area (Å²) in [6.45, 7) is 0. The lowest BCUT2D eigenvalue weighted by Crippen LogP contribution is -2.14. The van der Waals surface area contributed by atoms with E-state index in [1.54, 1.807) is 30.3 Å². The molecule has 0 aliphatic rings. The molecule has 0 bridgehead atoms. The highest BCUT2D eigenvalue weighted by Gasteiger charge is 2.17. The van der Waals surface area contributed by atoms with Crippen molar-refractivity contribution < 1.29 is 19.1 Å². The van der Waals surface area contributed by atoms with Gasteiger partial charge in [-0.1, -0.05) is 30.3 Å². The summed E-state index contributed by atoms with van der Waals surface area (Å²) in [7, 11) is 1.15. The zero-order valence-corrected chi connectivity index (χ0v) is 9.16. The summed E-state index contributed by atoms with van der Waals surface area (Å²) in [5.74, 6) is -1.11. The molecule has 17 heavy (non-hydrogen) atoms. The molecule has 0 fully saturated rings. The Labute approximate surface area is 98.0 Å². The number of carbonyl (C=O) groups excluding carboxylic acids is 2. The van der Waals surface area contributed by atoms with Crippen LogP contribution in [0.3, 0.4) is 0 Å². The quantitative estimate of drug-likeness (QED) is 0.195. The van der Waals surface area contributed by atoms with Crippen LogP contribution in [0.1, 0.15) is 10.4 Å². The molecular formula is C12H10N2O3. The normalized spacial score (nSPS) is 9.71. The molecule has 0 radical (unpaired) electrons. The molecular weight excluding hydrogens is 220 g/mol. The van der Waals surface area contributed by atoms with Crippen molar-refractivity contribution in [2.45, 2.75) is 0 Å². The van der Waals surface area contributed by atoms with E-state index in [2.05, 4.69) is 9.53 Å². The third-order valence-electron chi connectivity index (χ3n) is 1.95. The lowest BCUT2D eigenvalue weighted by molar-refractivity contribution is -0.137. The first kappa shape index (κ1) is 12.5. The molecule has 1 aromatic rings. The van der Waals surface area contributed by atoms with Crippen LogP contribution in [0.25, 0.3) is 5.53 Å². The van der Waals surface area contributed by atoms with Gasteiger partial charge < -0.3 is 10.3 Å². The van der Waals surface area contributed by atoms with E-state index in [-0.39, 0.29) is 11.5 Å². The average Bonchev–Trinajstić information content (AvgIpc) is 2.39. The molecule has 0 unspecified atom stereocenters. The van der Waals surface area contributed by atoms with Crippen molar-refractivity contribution in [1.29, 1.82) is 0 Å². The number of carbonyl (C=O) groups is 2. The van der Waals surface area contributed by atoms with Crippen LogP contribution in [0.5, 0.6) is 0 Å². The number of ether oxygens (including phenoxy) is 1. The van der Waals surface area contributed by atoms with Gasteiger partial charge in [0.2, 0.25) is 0 Å². The predicted molar refractivity (Wildman–Crippen MR) is 60.6 cm³/mol. The monoisotopic (exact) mass is 230 g/mol. The number of hydrogen-bond acceptors (Lipinski definition) is 3. The largest absolute Gasteiger partial charge is 0.460 e. The highest BCUT2D eigenvalue weighted by molar-refractivity contribution is 6.39. The minimum absolute atomic E-state index is 0.296.